The molecule has 1 heterocycles. The van der Waals surface area contributed by atoms with Crippen molar-refractivity contribution >= 4 is 11.7 Å². The van der Waals surface area contributed by atoms with E-state index in [0.717, 1.165) is 18.8 Å². The van der Waals surface area contributed by atoms with Crippen LogP contribution in [-0.4, -0.2) is 29.1 Å². The molecule has 0 saturated carbocycles. The molecule has 1 aromatic heterocycles. The zero-order valence-corrected chi connectivity index (χ0v) is 11.6. The molecule has 0 bridgehead atoms. The number of carboxylic acids is 1. The van der Waals surface area contributed by atoms with Crippen molar-refractivity contribution in [3.8, 4) is 0 Å². The van der Waals surface area contributed by atoms with Gasteiger partial charge in [0, 0.05) is 19.3 Å². The number of anilines is 1. The van der Waals surface area contributed by atoms with Crippen LogP contribution in [0.3, 0.4) is 0 Å². The summed E-state index contributed by atoms with van der Waals surface area (Å²) in [5.74, 6) is 0.118. The SMILES string of the molecule is CC(C)CN(CC(C)C)c1cncc(C(=O)O)c1. The number of hydrogen-bond acceptors (Lipinski definition) is 3. The first kappa shape index (κ1) is 14.5. The fourth-order valence-corrected chi connectivity index (χ4v) is 1.88. The van der Waals surface area contributed by atoms with Crippen molar-refractivity contribution in [3.05, 3.63) is 24.0 Å². The van der Waals surface area contributed by atoms with Crippen LogP contribution in [0, 0.1) is 11.8 Å². The lowest BCUT2D eigenvalue weighted by atomic mass is 10.1. The second-order valence-corrected chi connectivity index (χ2v) is 5.43. The third-order valence-electron chi connectivity index (χ3n) is 2.51. The topological polar surface area (TPSA) is 53.4 Å². The summed E-state index contributed by atoms with van der Waals surface area (Å²) in [7, 11) is 0. The first-order valence-corrected chi connectivity index (χ1v) is 6.33. The van der Waals surface area contributed by atoms with Gasteiger partial charge in [-0.1, -0.05) is 27.7 Å². The monoisotopic (exact) mass is 250 g/mol. The maximum Gasteiger partial charge on any atom is 0.337 e. The molecule has 0 spiro atoms. The zero-order valence-electron chi connectivity index (χ0n) is 11.6. The Hall–Kier alpha value is -1.58. The van der Waals surface area contributed by atoms with Gasteiger partial charge in [-0.2, -0.15) is 0 Å². The van der Waals surface area contributed by atoms with Crippen molar-refractivity contribution in [2.75, 3.05) is 18.0 Å². The molecule has 100 valence electrons. The number of aromatic carboxylic acids is 1. The number of rotatable bonds is 6. The lowest BCUT2D eigenvalue weighted by Gasteiger charge is -2.28. The van der Waals surface area contributed by atoms with E-state index < -0.39 is 5.97 Å². The summed E-state index contributed by atoms with van der Waals surface area (Å²) >= 11 is 0. The molecule has 4 heteroatoms. The van der Waals surface area contributed by atoms with E-state index in [-0.39, 0.29) is 5.56 Å². The van der Waals surface area contributed by atoms with Gasteiger partial charge in [0.1, 0.15) is 0 Å². The van der Waals surface area contributed by atoms with Crippen molar-refractivity contribution in [3.63, 3.8) is 0 Å². The minimum Gasteiger partial charge on any atom is -0.478 e. The van der Waals surface area contributed by atoms with E-state index in [1.165, 1.54) is 6.20 Å². The predicted molar refractivity (Wildman–Crippen MR) is 73.1 cm³/mol. The van der Waals surface area contributed by atoms with E-state index in [0.29, 0.717) is 11.8 Å². The minimum absolute atomic E-state index is 0.241. The summed E-state index contributed by atoms with van der Waals surface area (Å²) in [5.41, 5.74) is 1.13. The molecule has 1 aromatic rings. The molecule has 0 unspecified atom stereocenters. The Bertz CT molecular complexity index is 393. The van der Waals surface area contributed by atoms with Gasteiger partial charge in [-0.05, 0) is 17.9 Å². The number of carbonyl (C=O) groups is 1. The van der Waals surface area contributed by atoms with Crippen LogP contribution in [0.25, 0.3) is 0 Å². The van der Waals surface area contributed by atoms with E-state index in [4.69, 9.17) is 5.11 Å². The Balaban J connectivity index is 2.96. The maximum absolute atomic E-state index is 11.0. The van der Waals surface area contributed by atoms with Crippen LogP contribution in [0.5, 0.6) is 0 Å². The van der Waals surface area contributed by atoms with E-state index in [1.807, 2.05) is 0 Å². The summed E-state index contributed by atoms with van der Waals surface area (Å²) in [6.45, 7) is 10.4. The highest BCUT2D eigenvalue weighted by Crippen LogP contribution is 2.18. The zero-order chi connectivity index (χ0) is 13.7. The van der Waals surface area contributed by atoms with Gasteiger partial charge >= 0.3 is 5.97 Å². The van der Waals surface area contributed by atoms with Gasteiger partial charge in [0.25, 0.3) is 0 Å². The Morgan fingerprint density at radius 1 is 1.22 bits per heavy atom. The van der Waals surface area contributed by atoms with Gasteiger partial charge < -0.3 is 10.0 Å². The number of carboxylic acid groups (broad SMARTS) is 1. The minimum atomic E-state index is -0.932. The summed E-state index contributed by atoms with van der Waals surface area (Å²) in [5, 5.41) is 9.00. The van der Waals surface area contributed by atoms with Crippen LogP contribution < -0.4 is 4.90 Å². The number of hydrogen-bond donors (Lipinski definition) is 1. The van der Waals surface area contributed by atoms with E-state index in [9.17, 15) is 4.79 Å². The fourth-order valence-electron chi connectivity index (χ4n) is 1.88. The van der Waals surface area contributed by atoms with Crippen LogP contribution in [0.4, 0.5) is 5.69 Å². The van der Waals surface area contributed by atoms with Crippen LogP contribution in [0.1, 0.15) is 38.1 Å². The van der Waals surface area contributed by atoms with Gasteiger partial charge in [-0.3, -0.25) is 4.98 Å². The molecule has 0 fully saturated rings. The van der Waals surface area contributed by atoms with E-state index >= 15 is 0 Å². The van der Waals surface area contributed by atoms with E-state index in [1.54, 1.807) is 12.3 Å². The molecule has 18 heavy (non-hydrogen) atoms. The van der Waals surface area contributed by atoms with Gasteiger partial charge in [0.05, 0.1) is 17.4 Å². The van der Waals surface area contributed by atoms with Crippen molar-refractivity contribution in [2.24, 2.45) is 11.8 Å². The Morgan fingerprint density at radius 2 is 1.78 bits per heavy atom. The molecule has 1 rings (SSSR count). The Kier molecular flexibility index (Phi) is 5.13. The second kappa shape index (κ2) is 6.38. The first-order chi connectivity index (χ1) is 8.40. The summed E-state index contributed by atoms with van der Waals surface area (Å²) in [4.78, 5) is 17.2. The van der Waals surface area contributed by atoms with Crippen LogP contribution in [-0.2, 0) is 0 Å². The lowest BCUT2D eigenvalue weighted by molar-refractivity contribution is 0.0696. The van der Waals surface area contributed by atoms with Gasteiger partial charge in [0.2, 0.25) is 0 Å². The number of aromatic nitrogens is 1. The van der Waals surface area contributed by atoms with Crippen molar-refractivity contribution in [2.45, 2.75) is 27.7 Å². The van der Waals surface area contributed by atoms with Crippen LogP contribution in [0.15, 0.2) is 18.5 Å². The van der Waals surface area contributed by atoms with Crippen LogP contribution in [0.2, 0.25) is 0 Å². The van der Waals surface area contributed by atoms with E-state index in [2.05, 4.69) is 37.6 Å². The summed E-state index contributed by atoms with van der Waals surface area (Å²) in [6.07, 6.45) is 3.12. The maximum atomic E-state index is 11.0. The largest absolute Gasteiger partial charge is 0.478 e. The predicted octanol–water partition coefficient (Wildman–Crippen LogP) is 2.90. The highest BCUT2D eigenvalue weighted by Gasteiger charge is 2.13. The van der Waals surface area contributed by atoms with Crippen molar-refractivity contribution in [1.29, 1.82) is 0 Å². The molecule has 4 nitrogen and oxygen atoms in total. The molecule has 1 N–H and O–H groups in total. The van der Waals surface area contributed by atoms with Crippen LogP contribution >= 0.6 is 0 Å². The molecular formula is C14H22N2O2. The van der Waals surface area contributed by atoms with Gasteiger partial charge in [-0.25, -0.2) is 4.79 Å². The number of pyridine rings is 1. The number of nitrogens with zero attached hydrogens (tertiary/aromatic N) is 2. The molecule has 0 atom stereocenters. The van der Waals surface area contributed by atoms with Gasteiger partial charge in [-0.15, -0.1) is 0 Å². The highest BCUT2D eigenvalue weighted by molar-refractivity contribution is 5.88. The summed E-state index contributed by atoms with van der Waals surface area (Å²) < 4.78 is 0. The molecular weight excluding hydrogens is 228 g/mol. The Labute approximate surface area is 109 Å². The molecule has 0 aromatic carbocycles. The lowest BCUT2D eigenvalue weighted by Crippen LogP contribution is -2.31. The Morgan fingerprint density at radius 3 is 2.22 bits per heavy atom. The quantitative estimate of drug-likeness (QED) is 0.843. The molecule has 0 aliphatic carbocycles. The molecule has 0 amide bonds. The summed E-state index contributed by atoms with van der Waals surface area (Å²) in [6, 6.07) is 1.69. The standard InChI is InChI=1S/C14H22N2O2/c1-10(2)8-16(9-11(3)4)13-5-12(14(17)18)6-15-7-13/h5-7,10-11H,8-9H2,1-4H3,(H,17,18). The molecule has 0 aliphatic rings. The normalized spacial score (nSPS) is 11.0. The van der Waals surface area contributed by atoms with Crippen molar-refractivity contribution in [1.82, 2.24) is 4.98 Å². The highest BCUT2D eigenvalue weighted by atomic mass is 16.4. The molecule has 0 radical (unpaired) electrons. The third-order valence-corrected chi connectivity index (χ3v) is 2.51. The fraction of sp³-hybridized carbons (Fsp3) is 0.571. The average molecular weight is 250 g/mol. The molecule has 0 aliphatic heterocycles. The van der Waals surface area contributed by atoms with Crippen molar-refractivity contribution < 1.29 is 9.90 Å². The first-order valence-electron chi connectivity index (χ1n) is 6.33. The van der Waals surface area contributed by atoms with Gasteiger partial charge in [0.15, 0.2) is 0 Å². The third kappa shape index (κ3) is 4.35. The molecule has 0 saturated heterocycles. The second-order valence-electron chi connectivity index (χ2n) is 5.43. The smallest absolute Gasteiger partial charge is 0.337 e. The average Bonchev–Trinajstić information content (AvgIpc) is 2.27.